The Labute approximate surface area is 147 Å². The van der Waals surface area contributed by atoms with Crippen molar-refractivity contribution >= 4 is 29.9 Å². The number of benzene rings is 1. The molecule has 1 unspecified atom stereocenters. The maximum absolute atomic E-state index is 13.7. The van der Waals surface area contributed by atoms with Crippen molar-refractivity contribution in [3.05, 3.63) is 35.6 Å². The number of halogens is 2. The minimum atomic E-state index is -0.111. The molecule has 22 heavy (non-hydrogen) atoms. The van der Waals surface area contributed by atoms with Crippen LogP contribution in [0.25, 0.3) is 0 Å². The van der Waals surface area contributed by atoms with Gasteiger partial charge in [-0.1, -0.05) is 18.2 Å². The highest BCUT2D eigenvalue weighted by atomic mass is 127. The van der Waals surface area contributed by atoms with E-state index in [1.807, 2.05) is 19.1 Å². The summed E-state index contributed by atoms with van der Waals surface area (Å²) >= 11 is 0. The minimum Gasteiger partial charge on any atom is -0.375 e. The van der Waals surface area contributed by atoms with Crippen LogP contribution in [-0.2, 0) is 4.74 Å². The zero-order chi connectivity index (χ0) is 14.8. The fraction of sp³-hybridized carbons (Fsp3) is 0.562. The van der Waals surface area contributed by atoms with E-state index < -0.39 is 0 Å². The van der Waals surface area contributed by atoms with Gasteiger partial charge in [-0.2, -0.15) is 0 Å². The number of nitrogens with two attached hydrogens (primary N) is 1. The molecule has 1 saturated carbocycles. The predicted molar refractivity (Wildman–Crippen MR) is 96.2 cm³/mol. The SMILES string of the molecule is CC1CN(C(N)=NC2CC(c3ccccc3F)C2)CCO1.I. The fourth-order valence-electron chi connectivity index (χ4n) is 3.05. The van der Waals surface area contributed by atoms with Crippen LogP contribution in [0, 0.1) is 5.82 Å². The van der Waals surface area contributed by atoms with E-state index in [2.05, 4.69) is 9.89 Å². The predicted octanol–water partition coefficient (Wildman–Crippen LogP) is 2.73. The summed E-state index contributed by atoms with van der Waals surface area (Å²) in [4.78, 5) is 6.66. The second kappa shape index (κ2) is 7.59. The Kier molecular flexibility index (Phi) is 6.02. The van der Waals surface area contributed by atoms with Gasteiger partial charge >= 0.3 is 0 Å². The number of hydrogen-bond acceptors (Lipinski definition) is 2. The van der Waals surface area contributed by atoms with Crippen LogP contribution in [0.4, 0.5) is 4.39 Å². The average Bonchev–Trinajstić information content (AvgIpc) is 2.43. The van der Waals surface area contributed by atoms with Crippen molar-refractivity contribution in [3.63, 3.8) is 0 Å². The van der Waals surface area contributed by atoms with Crippen molar-refractivity contribution in [3.8, 4) is 0 Å². The highest BCUT2D eigenvalue weighted by molar-refractivity contribution is 14.0. The summed E-state index contributed by atoms with van der Waals surface area (Å²) in [6.45, 7) is 4.32. The van der Waals surface area contributed by atoms with Gasteiger partial charge in [-0.05, 0) is 37.3 Å². The molecule has 6 heteroatoms. The standard InChI is InChI=1S/C16H22FN3O.HI/c1-11-10-20(6-7-21-11)16(18)19-13-8-12(9-13)14-4-2-3-5-15(14)17;/h2-5,11-13H,6-10H2,1H3,(H2,18,19);1H. The third-order valence-electron chi connectivity index (χ3n) is 4.34. The van der Waals surface area contributed by atoms with Crippen molar-refractivity contribution in [2.24, 2.45) is 10.7 Å². The molecule has 0 aromatic heterocycles. The maximum Gasteiger partial charge on any atom is 0.191 e. The molecule has 4 nitrogen and oxygen atoms in total. The van der Waals surface area contributed by atoms with E-state index in [9.17, 15) is 4.39 Å². The topological polar surface area (TPSA) is 50.8 Å². The summed E-state index contributed by atoms with van der Waals surface area (Å²) in [5, 5.41) is 0. The monoisotopic (exact) mass is 419 g/mol. The molecule has 122 valence electrons. The lowest BCUT2D eigenvalue weighted by Crippen LogP contribution is -2.48. The maximum atomic E-state index is 13.7. The van der Waals surface area contributed by atoms with Gasteiger partial charge in [0.1, 0.15) is 5.82 Å². The highest BCUT2D eigenvalue weighted by Gasteiger charge is 2.32. The number of rotatable bonds is 2. The smallest absolute Gasteiger partial charge is 0.191 e. The lowest BCUT2D eigenvalue weighted by molar-refractivity contribution is 0.00512. The molecule has 1 aliphatic carbocycles. The van der Waals surface area contributed by atoms with E-state index in [1.165, 1.54) is 6.07 Å². The summed E-state index contributed by atoms with van der Waals surface area (Å²) in [6.07, 6.45) is 1.95. The quantitative estimate of drug-likeness (QED) is 0.456. The van der Waals surface area contributed by atoms with E-state index in [1.54, 1.807) is 6.07 Å². The van der Waals surface area contributed by atoms with Gasteiger partial charge in [-0.15, -0.1) is 24.0 Å². The van der Waals surface area contributed by atoms with Crippen LogP contribution >= 0.6 is 24.0 Å². The summed E-state index contributed by atoms with van der Waals surface area (Å²) in [5.41, 5.74) is 6.89. The van der Waals surface area contributed by atoms with Crippen molar-refractivity contribution in [1.82, 2.24) is 4.90 Å². The molecule has 1 aromatic rings. The van der Waals surface area contributed by atoms with Crippen LogP contribution in [0.1, 0.15) is 31.2 Å². The second-order valence-corrected chi connectivity index (χ2v) is 5.96. The zero-order valence-corrected chi connectivity index (χ0v) is 15.1. The Hall–Kier alpha value is -0.890. The molecule has 3 rings (SSSR count). The van der Waals surface area contributed by atoms with Gasteiger partial charge in [0.15, 0.2) is 5.96 Å². The minimum absolute atomic E-state index is 0. The van der Waals surface area contributed by atoms with Crippen molar-refractivity contribution in [2.75, 3.05) is 19.7 Å². The molecule has 0 radical (unpaired) electrons. The molecular weight excluding hydrogens is 396 g/mol. The highest BCUT2D eigenvalue weighted by Crippen LogP contribution is 2.39. The molecule has 0 amide bonds. The molecule has 0 bridgehead atoms. The molecule has 1 heterocycles. The lowest BCUT2D eigenvalue weighted by Gasteiger charge is -2.36. The van der Waals surface area contributed by atoms with Crippen LogP contribution in [0.3, 0.4) is 0 Å². The number of morpholine rings is 1. The molecule has 2 fully saturated rings. The number of ether oxygens (including phenoxy) is 1. The molecule has 2 aliphatic rings. The van der Waals surface area contributed by atoms with Gasteiger partial charge in [0.25, 0.3) is 0 Å². The average molecular weight is 419 g/mol. The Bertz CT molecular complexity index is 534. The summed E-state index contributed by atoms with van der Waals surface area (Å²) in [6, 6.07) is 7.22. The number of hydrogen-bond donors (Lipinski definition) is 1. The first kappa shape index (κ1) is 17.5. The summed E-state index contributed by atoms with van der Waals surface area (Å²) in [5.74, 6) is 0.762. The van der Waals surface area contributed by atoms with E-state index in [0.29, 0.717) is 12.6 Å². The third kappa shape index (κ3) is 3.90. The van der Waals surface area contributed by atoms with Crippen LogP contribution in [0.15, 0.2) is 29.3 Å². The first-order chi connectivity index (χ1) is 10.1. The third-order valence-corrected chi connectivity index (χ3v) is 4.34. The van der Waals surface area contributed by atoms with Crippen LogP contribution < -0.4 is 5.73 Å². The van der Waals surface area contributed by atoms with Crippen molar-refractivity contribution < 1.29 is 9.13 Å². The second-order valence-electron chi connectivity index (χ2n) is 5.96. The van der Waals surface area contributed by atoms with Crippen molar-refractivity contribution in [2.45, 2.75) is 37.8 Å². The van der Waals surface area contributed by atoms with E-state index in [0.717, 1.165) is 31.5 Å². The molecular formula is C16H23FIN3O. The molecule has 1 aliphatic heterocycles. The molecule has 0 spiro atoms. The van der Waals surface area contributed by atoms with E-state index in [-0.39, 0.29) is 47.9 Å². The normalized spacial score (nSPS) is 28.7. The van der Waals surface area contributed by atoms with Gasteiger partial charge in [-0.3, -0.25) is 0 Å². The van der Waals surface area contributed by atoms with E-state index >= 15 is 0 Å². The molecule has 1 atom stereocenters. The van der Waals surface area contributed by atoms with Gasteiger partial charge in [0.05, 0.1) is 18.8 Å². The Morgan fingerprint density at radius 2 is 2.09 bits per heavy atom. The number of guanidine groups is 1. The first-order valence-corrected chi connectivity index (χ1v) is 7.57. The number of nitrogens with zero attached hydrogens (tertiary/aromatic N) is 2. The van der Waals surface area contributed by atoms with Crippen LogP contribution in [-0.4, -0.2) is 42.7 Å². The molecule has 1 aromatic carbocycles. The molecule has 1 saturated heterocycles. The number of aliphatic imine (C=N–C) groups is 1. The van der Waals surface area contributed by atoms with Crippen LogP contribution in [0.5, 0.6) is 0 Å². The Morgan fingerprint density at radius 1 is 1.36 bits per heavy atom. The first-order valence-electron chi connectivity index (χ1n) is 7.57. The van der Waals surface area contributed by atoms with Gasteiger partial charge < -0.3 is 15.4 Å². The largest absolute Gasteiger partial charge is 0.375 e. The zero-order valence-electron chi connectivity index (χ0n) is 12.7. The summed E-state index contributed by atoms with van der Waals surface area (Å²) in [7, 11) is 0. The van der Waals surface area contributed by atoms with E-state index in [4.69, 9.17) is 10.5 Å². The fourth-order valence-corrected chi connectivity index (χ4v) is 3.05. The Morgan fingerprint density at radius 3 is 2.77 bits per heavy atom. The molecule has 2 N–H and O–H groups in total. The van der Waals surface area contributed by atoms with Crippen molar-refractivity contribution in [1.29, 1.82) is 0 Å². The lowest BCUT2D eigenvalue weighted by atomic mass is 9.76. The van der Waals surface area contributed by atoms with Gasteiger partial charge in [-0.25, -0.2) is 9.38 Å². The van der Waals surface area contributed by atoms with Gasteiger partial charge in [0.2, 0.25) is 0 Å². The van der Waals surface area contributed by atoms with Gasteiger partial charge in [0, 0.05) is 13.1 Å². The Balaban J connectivity index is 0.00000176. The summed E-state index contributed by atoms with van der Waals surface area (Å²) < 4.78 is 19.2. The van der Waals surface area contributed by atoms with Crippen LogP contribution in [0.2, 0.25) is 0 Å².